The van der Waals surface area contributed by atoms with Crippen LogP contribution in [-0.2, 0) is 4.79 Å². The average molecular weight is 244 g/mol. The molecular weight excluding hydrogens is 228 g/mol. The highest BCUT2D eigenvalue weighted by Gasteiger charge is 2.26. The van der Waals surface area contributed by atoms with Gasteiger partial charge in [-0.3, -0.25) is 0 Å². The Bertz CT molecular complexity index is 321. The van der Waals surface area contributed by atoms with Crippen molar-refractivity contribution in [3.8, 4) is 6.07 Å². The summed E-state index contributed by atoms with van der Waals surface area (Å²) in [5.41, 5.74) is -1.55. The topological polar surface area (TPSA) is 84.6 Å². The summed E-state index contributed by atoms with van der Waals surface area (Å²) in [4.78, 5) is 12.1. The number of nitrogens with zero attached hydrogens (tertiary/aromatic N) is 2. The van der Waals surface area contributed by atoms with E-state index >= 15 is 0 Å². The van der Waals surface area contributed by atoms with Crippen LogP contribution in [0.4, 0.5) is 0 Å². The molecule has 5 nitrogen and oxygen atoms in total. The molecule has 0 spiro atoms. The lowest BCUT2D eigenvalue weighted by molar-refractivity contribution is -0.132. The van der Waals surface area contributed by atoms with E-state index in [0.29, 0.717) is 12.3 Å². The van der Waals surface area contributed by atoms with Gasteiger partial charge in [0.05, 0.1) is 0 Å². The Kier molecular flexibility index (Phi) is 5.93. The number of nitriles is 1. The van der Waals surface area contributed by atoms with Gasteiger partial charge in [0.1, 0.15) is 11.8 Å². The molecule has 6 heteroatoms. The van der Waals surface area contributed by atoms with E-state index in [-0.39, 0.29) is 5.57 Å². The van der Waals surface area contributed by atoms with Gasteiger partial charge in [-0.15, -0.1) is 0 Å². The fraction of sp³-hybridized carbons (Fsp3) is 0.600. The molecule has 0 saturated carbocycles. The number of aliphatic carboxylic acids is 1. The van der Waals surface area contributed by atoms with Crippen LogP contribution in [0.1, 0.15) is 13.8 Å². The highest BCUT2D eigenvalue weighted by atomic mass is 32.2. The van der Waals surface area contributed by atoms with Gasteiger partial charge in [-0.05, 0) is 20.1 Å². The van der Waals surface area contributed by atoms with Gasteiger partial charge in [-0.2, -0.15) is 17.0 Å². The molecule has 0 aromatic heterocycles. The lowest BCUT2D eigenvalue weighted by atomic mass is 10.2. The summed E-state index contributed by atoms with van der Waals surface area (Å²) in [7, 11) is 0. The maximum Gasteiger partial charge on any atom is 0.347 e. The lowest BCUT2D eigenvalue weighted by Gasteiger charge is -2.35. The van der Waals surface area contributed by atoms with Gasteiger partial charge in [0.2, 0.25) is 0 Å². The standard InChI is InChI=1S/C10H16N2O3S/c1-4-12(10(2,15)7-16-3)6-8(5-11)9(13)14/h6,15H,4,7H2,1-3H3,(H,13,14)/b8-6+. The number of carbonyl (C=O) groups is 1. The zero-order chi connectivity index (χ0) is 12.8. The van der Waals surface area contributed by atoms with Crippen LogP contribution in [0.2, 0.25) is 0 Å². The van der Waals surface area contributed by atoms with E-state index in [0.717, 1.165) is 0 Å². The molecule has 90 valence electrons. The summed E-state index contributed by atoms with van der Waals surface area (Å²) < 4.78 is 0. The predicted molar refractivity (Wildman–Crippen MR) is 62.7 cm³/mol. The first-order valence-corrected chi connectivity index (χ1v) is 6.11. The van der Waals surface area contributed by atoms with Gasteiger partial charge in [-0.25, -0.2) is 4.79 Å². The van der Waals surface area contributed by atoms with Gasteiger partial charge in [-0.1, -0.05) is 0 Å². The molecule has 1 unspecified atom stereocenters. The van der Waals surface area contributed by atoms with Crippen LogP contribution in [0.3, 0.4) is 0 Å². The molecule has 0 fully saturated rings. The molecule has 0 rings (SSSR count). The summed E-state index contributed by atoms with van der Waals surface area (Å²) in [5, 5.41) is 27.4. The van der Waals surface area contributed by atoms with E-state index in [4.69, 9.17) is 10.4 Å². The van der Waals surface area contributed by atoms with Gasteiger partial charge in [0.25, 0.3) is 0 Å². The third kappa shape index (κ3) is 4.13. The fourth-order valence-electron chi connectivity index (χ4n) is 1.22. The molecule has 16 heavy (non-hydrogen) atoms. The van der Waals surface area contributed by atoms with Crippen LogP contribution < -0.4 is 0 Å². The highest BCUT2D eigenvalue weighted by Crippen LogP contribution is 2.17. The molecule has 0 aliphatic heterocycles. The van der Waals surface area contributed by atoms with E-state index in [2.05, 4.69) is 0 Å². The number of aliphatic hydroxyl groups is 1. The largest absolute Gasteiger partial charge is 0.477 e. The highest BCUT2D eigenvalue weighted by molar-refractivity contribution is 7.98. The maximum atomic E-state index is 10.7. The Hall–Kier alpha value is -1.19. The third-order valence-corrected chi connectivity index (χ3v) is 2.85. The van der Waals surface area contributed by atoms with E-state index < -0.39 is 11.7 Å². The van der Waals surface area contributed by atoms with Crippen molar-refractivity contribution in [2.45, 2.75) is 19.6 Å². The van der Waals surface area contributed by atoms with Crippen LogP contribution in [0.25, 0.3) is 0 Å². The first kappa shape index (κ1) is 14.8. The van der Waals surface area contributed by atoms with Gasteiger partial charge < -0.3 is 15.1 Å². The normalized spacial score (nSPS) is 15.1. The second kappa shape index (κ2) is 6.40. The molecule has 1 atom stereocenters. The number of hydrogen-bond acceptors (Lipinski definition) is 5. The molecule has 0 aromatic carbocycles. The molecule has 0 heterocycles. The number of hydrogen-bond donors (Lipinski definition) is 2. The van der Waals surface area contributed by atoms with Crippen molar-refractivity contribution in [1.82, 2.24) is 4.90 Å². The fourth-order valence-corrected chi connectivity index (χ4v) is 1.93. The minimum Gasteiger partial charge on any atom is -0.477 e. The summed E-state index contributed by atoms with van der Waals surface area (Å²) in [6.07, 6.45) is 3.02. The summed E-state index contributed by atoms with van der Waals surface area (Å²) >= 11 is 1.44. The average Bonchev–Trinajstić information content (AvgIpc) is 2.18. The van der Waals surface area contributed by atoms with Crippen LogP contribution in [0.15, 0.2) is 11.8 Å². The van der Waals surface area contributed by atoms with Gasteiger partial charge in [0.15, 0.2) is 5.57 Å². The van der Waals surface area contributed by atoms with Crippen LogP contribution >= 0.6 is 11.8 Å². The van der Waals surface area contributed by atoms with Crippen molar-refractivity contribution in [1.29, 1.82) is 5.26 Å². The van der Waals surface area contributed by atoms with E-state index in [9.17, 15) is 9.90 Å². The minimum atomic E-state index is -1.29. The van der Waals surface area contributed by atoms with E-state index in [1.165, 1.54) is 22.9 Å². The molecule has 0 bridgehead atoms. The quantitative estimate of drug-likeness (QED) is 0.410. The van der Waals surface area contributed by atoms with Crippen molar-refractivity contribution in [2.24, 2.45) is 0 Å². The smallest absolute Gasteiger partial charge is 0.347 e. The Balaban J connectivity index is 5.02. The Morgan fingerprint density at radius 3 is 2.56 bits per heavy atom. The summed E-state index contributed by atoms with van der Waals surface area (Å²) in [6.45, 7) is 3.79. The molecule has 0 aliphatic carbocycles. The second-order valence-corrected chi connectivity index (χ2v) is 4.26. The second-order valence-electron chi connectivity index (χ2n) is 3.40. The first-order chi connectivity index (χ1) is 7.38. The van der Waals surface area contributed by atoms with E-state index in [1.807, 2.05) is 6.26 Å². The first-order valence-electron chi connectivity index (χ1n) is 4.72. The Morgan fingerprint density at radius 1 is 1.69 bits per heavy atom. The SMILES string of the molecule is CCN(/C=C(\C#N)C(=O)O)C(C)(O)CSC. The summed E-state index contributed by atoms with van der Waals surface area (Å²) in [6, 6.07) is 1.58. The summed E-state index contributed by atoms with van der Waals surface area (Å²) in [5.74, 6) is -0.865. The number of rotatable bonds is 6. The van der Waals surface area contributed by atoms with Crippen LogP contribution in [-0.4, -0.2) is 45.4 Å². The van der Waals surface area contributed by atoms with Crippen molar-refractivity contribution in [2.75, 3.05) is 18.6 Å². The van der Waals surface area contributed by atoms with Crippen LogP contribution in [0, 0.1) is 11.3 Å². The van der Waals surface area contributed by atoms with Crippen molar-refractivity contribution < 1.29 is 15.0 Å². The molecular formula is C10H16N2O3S. The molecule has 0 radical (unpaired) electrons. The lowest BCUT2D eigenvalue weighted by Crippen LogP contribution is -2.45. The molecule has 0 aromatic rings. The maximum absolute atomic E-state index is 10.7. The van der Waals surface area contributed by atoms with Crippen molar-refractivity contribution in [3.05, 3.63) is 11.8 Å². The Labute approximate surface area is 99.4 Å². The van der Waals surface area contributed by atoms with Crippen molar-refractivity contribution in [3.63, 3.8) is 0 Å². The molecule has 0 amide bonds. The Morgan fingerprint density at radius 2 is 2.25 bits per heavy atom. The van der Waals surface area contributed by atoms with Crippen LogP contribution in [0.5, 0.6) is 0 Å². The van der Waals surface area contributed by atoms with E-state index in [1.54, 1.807) is 19.9 Å². The number of thioether (sulfide) groups is 1. The monoisotopic (exact) mass is 244 g/mol. The van der Waals surface area contributed by atoms with Crippen molar-refractivity contribution >= 4 is 17.7 Å². The zero-order valence-electron chi connectivity index (χ0n) is 9.60. The predicted octanol–water partition coefficient (Wildman–Crippen LogP) is 0.872. The minimum absolute atomic E-state index is 0.386. The van der Waals surface area contributed by atoms with Gasteiger partial charge in [0, 0.05) is 18.5 Å². The van der Waals surface area contributed by atoms with Gasteiger partial charge >= 0.3 is 5.97 Å². The number of carboxylic acids is 1. The third-order valence-electron chi connectivity index (χ3n) is 2.01. The molecule has 0 aliphatic rings. The zero-order valence-corrected chi connectivity index (χ0v) is 10.4. The number of carboxylic acid groups (broad SMARTS) is 1. The molecule has 0 saturated heterocycles. The molecule has 2 N–H and O–H groups in total.